The summed E-state index contributed by atoms with van der Waals surface area (Å²) < 4.78 is 62.8. The van der Waals surface area contributed by atoms with E-state index in [4.69, 9.17) is 28.4 Å². The van der Waals surface area contributed by atoms with Crippen molar-refractivity contribution in [1.29, 1.82) is 0 Å². The molecule has 10 nitrogen and oxygen atoms in total. The second kappa shape index (κ2) is 17.7. The van der Waals surface area contributed by atoms with Crippen LogP contribution in [-0.2, 0) is 56.2 Å². The van der Waals surface area contributed by atoms with Gasteiger partial charge in [-0.2, -0.15) is 0 Å². The Morgan fingerprint density at radius 2 is 0.790 bits per heavy atom. The smallest absolute Gasteiger partial charge is 0.419 e. The zero-order valence-corrected chi connectivity index (χ0v) is 34.8. The van der Waals surface area contributed by atoms with E-state index in [0.29, 0.717) is 60.1 Å². The summed E-state index contributed by atoms with van der Waals surface area (Å²) in [6, 6.07) is 35.0. The highest BCUT2D eigenvalue weighted by atomic mass is 19.1. The minimum atomic E-state index is -1.54. The van der Waals surface area contributed by atoms with Crippen molar-refractivity contribution in [2.75, 3.05) is 41.5 Å². The van der Waals surface area contributed by atoms with Gasteiger partial charge in [0.1, 0.15) is 11.6 Å². The van der Waals surface area contributed by atoms with Crippen LogP contribution in [-0.4, -0.2) is 53.5 Å². The van der Waals surface area contributed by atoms with Crippen LogP contribution in [0.25, 0.3) is 22.3 Å². The molecule has 318 valence electrons. The highest BCUT2D eigenvalue weighted by Crippen LogP contribution is 2.43. The van der Waals surface area contributed by atoms with Crippen LogP contribution < -0.4 is 29.6 Å². The summed E-state index contributed by atoms with van der Waals surface area (Å²) in [7, 11) is 6.15. The van der Waals surface area contributed by atoms with Gasteiger partial charge in [0.05, 0.1) is 28.4 Å². The number of fused-ring (bicyclic) bond motifs is 2. The largest absolute Gasteiger partial charge is 0.493 e. The Bertz CT molecular complexity index is 2400. The van der Waals surface area contributed by atoms with Gasteiger partial charge in [-0.1, -0.05) is 72.8 Å². The number of methoxy groups -OCH3 is 4. The van der Waals surface area contributed by atoms with Crippen molar-refractivity contribution >= 4 is 11.9 Å². The lowest BCUT2D eigenvalue weighted by atomic mass is 9.85. The number of rotatable bonds is 12. The zero-order chi connectivity index (χ0) is 43.4. The van der Waals surface area contributed by atoms with Crippen LogP contribution in [0.2, 0.25) is 0 Å². The summed E-state index contributed by atoms with van der Waals surface area (Å²) in [6.07, 6.45) is 1.42. The Hall–Kier alpha value is -6.76. The van der Waals surface area contributed by atoms with E-state index < -0.39 is 23.4 Å². The molecule has 0 aromatic heterocycles. The first kappa shape index (κ1) is 42.0. The number of hydrogen-bond donors (Lipinski definition) is 2. The van der Waals surface area contributed by atoms with Gasteiger partial charge in [0, 0.05) is 37.1 Å². The van der Waals surface area contributed by atoms with Gasteiger partial charge in [-0.3, -0.25) is 10.6 Å². The highest BCUT2D eigenvalue weighted by molar-refractivity contribution is 6.30. The maximum absolute atomic E-state index is 14.5. The van der Waals surface area contributed by atoms with E-state index in [1.54, 1.807) is 50.6 Å². The molecule has 2 atom stereocenters. The van der Waals surface area contributed by atoms with Crippen LogP contribution in [0, 0.1) is 11.6 Å². The molecule has 8 rings (SSSR count). The lowest BCUT2D eigenvalue weighted by molar-refractivity contribution is -0.193. The molecule has 0 saturated heterocycles. The Labute approximate surface area is 358 Å². The SMILES string of the molecule is COc1cc2c(cc1OC)C(Cc1ccc(-c3ccc(F)cc3)cc1)(OC(=O)C(=O)OC1(Cc3ccc(-c4ccc(F)cc4)cc3)NCCc3cc(OC)c(OC)cc31)NCC2. The van der Waals surface area contributed by atoms with Gasteiger partial charge in [0.2, 0.25) is 0 Å². The van der Waals surface area contributed by atoms with Gasteiger partial charge < -0.3 is 28.4 Å². The van der Waals surface area contributed by atoms with E-state index in [2.05, 4.69) is 10.6 Å². The number of esters is 2. The molecule has 2 heterocycles. The topological polar surface area (TPSA) is 114 Å². The molecular weight excluding hydrogens is 795 g/mol. The Morgan fingerprint density at radius 3 is 1.11 bits per heavy atom. The first-order valence-corrected chi connectivity index (χ1v) is 20.2. The molecule has 0 saturated carbocycles. The van der Waals surface area contributed by atoms with Crippen molar-refractivity contribution in [3.63, 3.8) is 0 Å². The fourth-order valence-corrected chi connectivity index (χ4v) is 8.46. The standard InChI is InChI=1S/C50H46F2N2O8/c1-57-43-25-37-21-23-53-49(41(37)27-45(43)59-3,29-31-5-9-33(10-6-31)35-13-17-39(51)18-14-35)61-47(55)48(56)62-50(42-28-46(60-4)44(58-2)26-38(42)22-24-54-50)30-32-7-11-34(12-8-32)36-15-19-40(52)20-16-36/h5-20,25-28,53-54H,21-24,29-30H2,1-4H3. The third-order valence-corrected chi connectivity index (χ3v) is 11.6. The van der Waals surface area contributed by atoms with E-state index >= 15 is 0 Å². The summed E-state index contributed by atoms with van der Waals surface area (Å²) in [5.74, 6) is -1.23. The van der Waals surface area contributed by atoms with Gasteiger partial charge in [0.25, 0.3) is 0 Å². The lowest BCUT2D eigenvalue weighted by Gasteiger charge is -2.41. The quantitative estimate of drug-likeness (QED) is 0.0924. The number of carbonyl (C=O) groups excluding carboxylic acids is 2. The number of ether oxygens (including phenoxy) is 6. The molecule has 2 N–H and O–H groups in total. The number of halogens is 2. The average Bonchev–Trinajstić information content (AvgIpc) is 3.29. The van der Waals surface area contributed by atoms with Crippen LogP contribution >= 0.6 is 0 Å². The summed E-state index contributed by atoms with van der Waals surface area (Å²) >= 11 is 0. The summed E-state index contributed by atoms with van der Waals surface area (Å²) in [4.78, 5) is 28.9. The minimum Gasteiger partial charge on any atom is -0.493 e. The van der Waals surface area contributed by atoms with Crippen LogP contribution in [0.4, 0.5) is 8.78 Å². The summed E-state index contributed by atoms with van der Waals surface area (Å²) in [6.45, 7) is 0.819. The number of hydrogen-bond acceptors (Lipinski definition) is 10. The number of carbonyl (C=O) groups is 2. The molecule has 0 spiro atoms. The van der Waals surface area contributed by atoms with Crippen molar-refractivity contribution in [2.45, 2.75) is 37.1 Å². The number of benzene rings is 6. The molecule has 0 bridgehead atoms. The molecule has 0 amide bonds. The molecule has 6 aromatic rings. The van der Waals surface area contributed by atoms with E-state index in [0.717, 1.165) is 44.5 Å². The zero-order valence-electron chi connectivity index (χ0n) is 34.8. The molecule has 6 aromatic carbocycles. The molecule has 12 heteroatoms. The molecule has 2 aliphatic heterocycles. The second-order valence-electron chi connectivity index (χ2n) is 15.3. The van der Waals surface area contributed by atoms with Crippen molar-refractivity contribution in [1.82, 2.24) is 10.6 Å². The molecule has 2 aliphatic rings. The Kier molecular flexibility index (Phi) is 12.0. The van der Waals surface area contributed by atoms with Gasteiger partial charge in [0.15, 0.2) is 34.4 Å². The second-order valence-corrected chi connectivity index (χ2v) is 15.3. The van der Waals surface area contributed by atoms with Gasteiger partial charge in [-0.25, -0.2) is 18.4 Å². The molecule has 2 unspecified atom stereocenters. The van der Waals surface area contributed by atoms with Crippen molar-refractivity contribution in [3.8, 4) is 45.3 Å². The fourth-order valence-electron chi connectivity index (χ4n) is 8.46. The minimum absolute atomic E-state index is 0.127. The predicted octanol–water partition coefficient (Wildman–Crippen LogP) is 8.20. The van der Waals surface area contributed by atoms with Crippen LogP contribution in [0.1, 0.15) is 33.4 Å². The molecule has 0 fully saturated rings. The van der Waals surface area contributed by atoms with Gasteiger partial charge in [-0.15, -0.1) is 0 Å². The molecule has 0 aliphatic carbocycles. The highest BCUT2D eigenvalue weighted by Gasteiger charge is 2.47. The lowest BCUT2D eigenvalue weighted by Crippen LogP contribution is -2.55. The van der Waals surface area contributed by atoms with Crippen molar-refractivity contribution < 1.29 is 46.8 Å². The first-order chi connectivity index (χ1) is 30.1. The Morgan fingerprint density at radius 1 is 0.484 bits per heavy atom. The van der Waals surface area contributed by atoms with Gasteiger partial charge >= 0.3 is 11.9 Å². The number of nitrogens with one attached hydrogen (secondary N) is 2. The maximum Gasteiger partial charge on any atom is 0.419 e. The first-order valence-electron chi connectivity index (χ1n) is 20.2. The van der Waals surface area contributed by atoms with Crippen LogP contribution in [0.3, 0.4) is 0 Å². The maximum atomic E-state index is 14.5. The average molecular weight is 841 g/mol. The van der Waals surface area contributed by atoms with E-state index in [-0.39, 0.29) is 24.5 Å². The molecular formula is C50H46F2N2O8. The summed E-state index contributed by atoms with van der Waals surface area (Å²) in [5, 5.41) is 6.85. The third kappa shape index (κ3) is 8.44. The molecule has 0 radical (unpaired) electrons. The molecule has 62 heavy (non-hydrogen) atoms. The van der Waals surface area contributed by atoms with Crippen LogP contribution in [0.5, 0.6) is 23.0 Å². The van der Waals surface area contributed by atoms with E-state index in [9.17, 15) is 18.4 Å². The predicted molar refractivity (Wildman–Crippen MR) is 229 cm³/mol. The van der Waals surface area contributed by atoms with Crippen LogP contribution in [0.15, 0.2) is 121 Å². The van der Waals surface area contributed by atoms with Crippen molar-refractivity contribution in [3.05, 3.63) is 166 Å². The van der Waals surface area contributed by atoms with Crippen molar-refractivity contribution in [2.24, 2.45) is 0 Å². The third-order valence-electron chi connectivity index (χ3n) is 11.6. The van der Waals surface area contributed by atoms with E-state index in [1.807, 2.05) is 60.7 Å². The normalized spacial score (nSPS) is 17.8. The fraction of sp³-hybridized carbons (Fsp3) is 0.240. The monoisotopic (exact) mass is 840 g/mol. The summed E-state index contributed by atoms with van der Waals surface area (Å²) in [5.41, 5.74) is 4.79. The Balaban J connectivity index is 1.15. The van der Waals surface area contributed by atoms with Gasteiger partial charge in [-0.05, 0) is 106 Å². The van der Waals surface area contributed by atoms with E-state index in [1.165, 1.54) is 38.5 Å².